The first-order chi connectivity index (χ1) is 12.1. The van der Waals surface area contributed by atoms with E-state index in [9.17, 15) is 9.90 Å². The second-order valence-corrected chi connectivity index (χ2v) is 7.22. The number of fused-ring (bicyclic) bond motifs is 2. The van der Waals surface area contributed by atoms with Gasteiger partial charge in [0.25, 0.3) is 0 Å². The van der Waals surface area contributed by atoms with Gasteiger partial charge in [0.1, 0.15) is 5.75 Å². The van der Waals surface area contributed by atoms with Crippen LogP contribution in [0, 0.1) is 6.92 Å². The molecule has 0 unspecified atom stereocenters. The molecule has 0 aliphatic rings. The van der Waals surface area contributed by atoms with Crippen molar-refractivity contribution in [2.45, 2.75) is 20.8 Å². The van der Waals surface area contributed by atoms with Gasteiger partial charge in [-0.05, 0) is 43.8 Å². The van der Waals surface area contributed by atoms with Crippen molar-refractivity contribution < 1.29 is 5.11 Å². The maximum Gasteiger partial charge on any atom is 0.201 e. The summed E-state index contributed by atoms with van der Waals surface area (Å²) in [5.74, 6) is 0.0521. The smallest absolute Gasteiger partial charge is 0.201 e. The number of aromatic hydroxyl groups is 1. The number of phenols is 1. The van der Waals surface area contributed by atoms with E-state index in [1.54, 1.807) is 23.5 Å². The van der Waals surface area contributed by atoms with Gasteiger partial charge in [-0.15, -0.1) is 35.3 Å². The molecule has 0 spiro atoms. The number of rotatable bonds is 6. The van der Waals surface area contributed by atoms with E-state index in [1.807, 2.05) is 25.1 Å². The van der Waals surface area contributed by atoms with Gasteiger partial charge in [-0.1, -0.05) is 26.0 Å². The summed E-state index contributed by atoms with van der Waals surface area (Å²) in [6, 6.07) is 9.26. The van der Waals surface area contributed by atoms with Gasteiger partial charge in [0.2, 0.25) is 5.43 Å². The Morgan fingerprint density at radius 2 is 1.85 bits per heavy atom. The van der Waals surface area contributed by atoms with E-state index in [-0.39, 0.29) is 35.2 Å². The van der Waals surface area contributed by atoms with E-state index >= 15 is 0 Å². The second kappa shape index (κ2) is 9.01. The number of phenolic OH excluding ortho intramolecular Hbond substituents is 1. The van der Waals surface area contributed by atoms with Crippen LogP contribution in [0.25, 0.3) is 20.2 Å². The summed E-state index contributed by atoms with van der Waals surface area (Å²) in [4.78, 5) is 15.4. The number of likely N-dealkylation sites (N-methyl/N-ethyl adjacent to an activating group) is 1. The molecule has 0 atom stereocenters. The fourth-order valence-corrected chi connectivity index (χ4v) is 4.35. The molecule has 3 aromatic rings. The highest BCUT2D eigenvalue weighted by molar-refractivity contribution is 14.0. The summed E-state index contributed by atoms with van der Waals surface area (Å²) in [7, 11) is 0. The largest absolute Gasteiger partial charge is 0.507 e. The molecule has 26 heavy (non-hydrogen) atoms. The highest BCUT2D eigenvalue weighted by Gasteiger charge is 2.14. The van der Waals surface area contributed by atoms with Crippen molar-refractivity contribution in [1.29, 1.82) is 0 Å². The molecule has 0 radical (unpaired) electrons. The van der Waals surface area contributed by atoms with Crippen molar-refractivity contribution in [2.75, 3.05) is 31.5 Å². The number of nitrogens with zero attached hydrogens (tertiary/aromatic N) is 1. The van der Waals surface area contributed by atoms with Gasteiger partial charge < -0.3 is 15.3 Å². The van der Waals surface area contributed by atoms with E-state index in [1.165, 1.54) is 0 Å². The van der Waals surface area contributed by atoms with Crippen LogP contribution in [0.4, 0.5) is 5.69 Å². The van der Waals surface area contributed by atoms with E-state index in [4.69, 9.17) is 0 Å². The van der Waals surface area contributed by atoms with Crippen LogP contribution in [0.15, 0.2) is 35.1 Å². The molecule has 140 valence electrons. The number of hydrogen-bond acceptors (Lipinski definition) is 5. The van der Waals surface area contributed by atoms with Gasteiger partial charge in [-0.25, -0.2) is 0 Å². The molecule has 0 aliphatic carbocycles. The van der Waals surface area contributed by atoms with Crippen LogP contribution < -0.4 is 10.7 Å². The average Bonchev–Trinajstić information content (AvgIpc) is 2.61. The maximum atomic E-state index is 13.1. The zero-order chi connectivity index (χ0) is 18.0. The first kappa shape index (κ1) is 20.9. The molecule has 0 fully saturated rings. The highest BCUT2D eigenvalue weighted by Crippen LogP contribution is 2.34. The maximum absolute atomic E-state index is 13.1. The number of benzene rings is 2. The topological polar surface area (TPSA) is 52.6 Å². The number of hydrogen-bond donors (Lipinski definition) is 2. The zero-order valence-corrected chi connectivity index (χ0v) is 18.5. The molecule has 4 nitrogen and oxygen atoms in total. The first-order valence-corrected chi connectivity index (χ1v) is 9.52. The van der Waals surface area contributed by atoms with Crippen LogP contribution in [-0.4, -0.2) is 36.2 Å². The zero-order valence-electron chi connectivity index (χ0n) is 15.3. The van der Waals surface area contributed by atoms with Gasteiger partial charge in [0.05, 0.1) is 10.8 Å². The van der Waals surface area contributed by atoms with Crippen molar-refractivity contribution in [2.24, 2.45) is 0 Å². The predicted octanol–water partition coefficient (Wildman–Crippen LogP) is 4.80. The summed E-state index contributed by atoms with van der Waals surface area (Å²) in [5.41, 5.74) is 1.83. The van der Waals surface area contributed by atoms with Crippen molar-refractivity contribution in [3.63, 3.8) is 0 Å². The molecule has 0 aliphatic heterocycles. The van der Waals surface area contributed by atoms with Crippen LogP contribution in [-0.2, 0) is 0 Å². The summed E-state index contributed by atoms with van der Waals surface area (Å²) in [6.45, 7) is 10.1. The summed E-state index contributed by atoms with van der Waals surface area (Å²) < 4.78 is 1.80. The number of nitrogens with one attached hydrogen (secondary N) is 1. The first-order valence-electron chi connectivity index (χ1n) is 8.71. The van der Waals surface area contributed by atoms with Crippen molar-refractivity contribution >= 4 is 61.2 Å². The highest BCUT2D eigenvalue weighted by atomic mass is 127. The quantitative estimate of drug-likeness (QED) is 0.390. The number of anilines is 1. The minimum absolute atomic E-state index is 0. The van der Waals surface area contributed by atoms with E-state index in [0.29, 0.717) is 10.8 Å². The second-order valence-electron chi connectivity index (χ2n) is 6.17. The van der Waals surface area contributed by atoms with E-state index < -0.39 is 0 Å². The Labute approximate surface area is 174 Å². The normalized spacial score (nSPS) is 11.1. The lowest BCUT2D eigenvalue weighted by Gasteiger charge is -2.19. The van der Waals surface area contributed by atoms with E-state index in [2.05, 4.69) is 24.1 Å². The molecular weight excluding hydrogens is 459 g/mol. The fourth-order valence-electron chi connectivity index (χ4n) is 3.15. The monoisotopic (exact) mass is 484 g/mol. The average molecular weight is 484 g/mol. The van der Waals surface area contributed by atoms with Crippen LogP contribution >= 0.6 is 35.3 Å². The standard InChI is InChI=1S/C20H24N2O2S.HI/c1-4-22(5-2)12-11-21-14-10-9-13(3)20-17(14)19(24)18-15(23)7-6-8-16(18)25-20;/h6-10,21,23H,4-5,11-12H2,1-3H3;1H. The molecule has 2 aromatic carbocycles. The van der Waals surface area contributed by atoms with Crippen LogP contribution in [0.1, 0.15) is 19.4 Å². The third kappa shape index (κ3) is 3.97. The summed E-state index contributed by atoms with van der Waals surface area (Å²) >= 11 is 1.56. The molecule has 2 N–H and O–H groups in total. The molecular formula is C20H25IN2O2S. The van der Waals surface area contributed by atoms with Crippen LogP contribution in [0.3, 0.4) is 0 Å². The van der Waals surface area contributed by atoms with Gasteiger partial charge >= 0.3 is 0 Å². The van der Waals surface area contributed by atoms with Crippen molar-refractivity contribution in [1.82, 2.24) is 4.90 Å². The van der Waals surface area contributed by atoms with Crippen LogP contribution in [0.5, 0.6) is 5.75 Å². The fraction of sp³-hybridized carbons (Fsp3) is 0.350. The third-order valence-electron chi connectivity index (χ3n) is 4.66. The molecule has 3 rings (SSSR count). The minimum atomic E-state index is -0.101. The molecule has 1 heterocycles. The SMILES string of the molecule is CCN(CC)CCNc1ccc(C)c2sc3cccc(O)c3c(=O)c12.I. The van der Waals surface area contributed by atoms with Gasteiger partial charge in [-0.2, -0.15) is 0 Å². The Hall–Kier alpha value is -1.38. The van der Waals surface area contributed by atoms with Crippen LogP contribution in [0.2, 0.25) is 0 Å². The molecule has 0 bridgehead atoms. The Bertz CT molecular complexity index is 967. The number of aryl methyl sites for hydroxylation is 1. The predicted molar refractivity (Wildman–Crippen MR) is 124 cm³/mol. The Morgan fingerprint density at radius 1 is 1.12 bits per heavy atom. The van der Waals surface area contributed by atoms with Gasteiger partial charge in [0.15, 0.2) is 0 Å². The minimum Gasteiger partial charge on any atom is -0.507 e. The van der Waals surface area contributed by atoms with Crippen molar-refractivity contribution in [3.05, 3.63) is 46.1 Å². The lowest BCUT2D eigenvalue weighted by molar-refractivity contribution is 0.316. The Balaban J connectivity index is 0.00000243. The molecule has 0 amide bonds. The summed E-state index contributed by atoms with van der Waals surface area (Å²) in [6.07, 6.45) is 0. The van der Waals surface area contributed by atoms with Crippen molar-refractivity contribution in [3.8, 4) is 5.75 Å². The molecule has 0 saturated carbocycles. The van der Waals surface area contributed by atoms with E-state index in [0.717, 1.165) is 46.8 Å². The lowest BCUT2D eigenvalue weighted by atomic mass is 10.1. The third-order valence-corrected chi connectivity index (χ3v) is 5.95. The lowest BCUT2D eigenvalue weighted by Crippen LogP contribution is -2.28. The summed E-state index contributed by atoms with van der Waals surface area (Å²) in [5, 5.41) is 14.7. The molecule has 6 heteroatoms. The van der Waals surface area contributed by atoms with Gasteiger partial charge in [-0.3, -0.25) is 4.79 Å². The Kier molecular flexibility index (Phi) is 7.25. The number of halogens is 1. The Morgan fingerprint density at radius 3 is 2.54 bits per heavy atom. The molecule has 0 saturated heterocycles. The molecule has 1 aromatic heterocycles. The van der Waals surface area contributed by atoms with Gasteiger partial charge in [0, 0.05) is 28.2 Å².